The summed E-state index contributed by atoms with van der Waals surface area (Å²) in [6.45, 7) is 0. The molecule has 0 unspecified atom stereocenters. The van der Waals surface area contributed by atoms with Gasteiger partial charge in [-0.15, -0.1) is 0 Å². The summed E-state index contributed by atoms with van der Waals surface area (Å²) in [4.78, 5) is 13.3. The minimum absolute atomic E-state index is 0.0919. The van der Waals surface area contributed by atoms with Crippen molar-refractivity contribution in [2.75, 3.05) is 0 Å². The molecule has 0 saturated carbocycles. The number of hydrogen-bond donors (Lipinski definition) is 2. The van der Waals surface area contributed by atoms with Crippen LogP contribution < -0.4 is 0 Å². The third-order valence-corrected chi connectivity index (χ3v) is 2.05. The van der Waals surface area contributed by atoms with E-state index in [1.165, 1.54) is 18.2 Å². The number of hydrogen-bond acceptors (Lipinski definition) is 1. The van der Waals surface area contributed by atoms with Gasteiger partial charge in [-0.3, -0.25) is 0 Å². The number of benzene rings is 1. The van der Waals surface area contributed by atoms with E-state index >= 15 is 0 Å². The van der Waals surface area contributed by atoms with E-state index in [-0.39, 0.29) is 11.5 Å². The van der Waals surface area contributed by atoms with Crippen molar-refractivity contribution in [3.8, 4) is 11.3 Å². The number of aromatic carboxylic acids is 1. The van der Waals surface area contributed by atoms with E-state index in [1.807, 2.05) is 0 Å². The largest absolute Gasteiger partial charge is 0.477 e. The van der Waals surface area contributed by atoms with E-state index in [0.29, 0.717) is 11.3 Å². The van der Waals surface area contributed by atoms with Gasteiger partial charge in [0.25, 0.3) is 0 Å². The molecule has 0 atom stereocenters. The lowest BCUT2D eigenvalue weighted by molar-refractivity contribution is 0.0691. The third-order valence-electron chi connectivity index (χ3n) is 2.05. The van der Waals surface area contributed by atoms with E-state index in [0.717, 1.165) is 0 Å². The molecule has 4 heteroatoms. The van der Waals surface area contributed by atoms with Gasteiger partial charge in [-0.1, -0.05) is 12.1 Å². The molecule has 15 heavy (non-hydrogen) atoms. The summed E-state index contributed by atoms with van der Waals surface area (Å²) in [5.74, 6) is -1.38. The molecule has 0 bridgehead atoms. The second-order valence-corrected chi connectivity index (χ2v) is 3.10. The molecule has 76 valence electrons. The van der Waals surface area contributed by atoms with Crippen molar-refractivity contribution in [1.29, 1.82) is 0 Å². The Hall–Kier alpha value is -2.10. The molecular weight excluding hydrogens is 197 g/mol. The van der Waals surface area contributed by atoms with Crippen molar-refractivity contribution in [1.82, 2.24) is 4.98 Å². The van der Waals surface area contributed by atoms with Crippen molar-refractivity contribution in [2.45, 2.75) is 0 Å². The summed E-state index contributed by atoms with van der Waals surface area (Å²) in [6, 6.07) is 9.02. The van der Waals surface area contributed by atoms with Crippen LogP contribution in [-0.4, -0.2) is 16.1 Å². The zero-order valence-electron chi connectivity index (χ0n) is 7.70. The first-order valence-electron chi connectivity index (χ1n) is 4.35. The zero-order chi connectivity index (χ0) is 10.8. The fourth-order valence-corrected chi connectivity index (χ4v) is 1.34. The normalized spacial score (nSPS) is 10.2. The lowest BCUT2D eigenvalue weighted by Gasteiger charge is -1.97. The molecule has 0 spiro atoms. The maximum Gasteiger partial charge on any atom is 0.352 e. The summed E-state index contributed by atoms with van der Waals surface area (Å²) in [5, 5.41) is 8.69. The average molecular weight is 205 g/mol. The Kier molecular flexibility index (Phi) is 2.25. The molecule has 1 heterocycles. The first-order chi connectivity index (χ1) is 7.16. The highest BCUT2D eigenvalue weighted by atomic mass is 19.1. The molecule has 0 aliphatic heterocycles. The quantitative estimate of drug-likeness (QED) is 0.791. The van der Waals surface area contributed by atoms with Crippen LogP contribution in [0.5, 0.6) is 0 Å². The van der Waals surface area contributed by atoms with Crippen LogP contribution in [0.1, 0.15) is 10.5 Å². The van der Waals surface area contributed by atoms with E-state index in [1.54, 1.807) is 18.2 Å². The molecule has 1 aromatic carbocycles. The summed E-state index contributed by atoms with van der Waals surface area (Å²) in [6.07, 6.45) is 0. The van der Waals surface area contributed by atoms with Gasteiger partial charge >= 0.3 is 5.97 Å². The van der Waals surface area contributed by atoms with Crippen LogP contribution in [0.4, 0.5) is 4.39 Å². The van der Waals surface area contributed by atoms with Crippen LogP contribution in [0.3, 0.4) is 0 Å². The van der Waals surface area contributed by atoms with Gasteiger partial charge in [-0.25, -0.2) is 9.18 Å². The number of aromatic amines is 1. The molecule has 0 fully saturated rings. The zero-order valence-corrected chi connectivity index (χ0v) is 7.70. The summed E-state index contributed by atoms with van der Waals surface area (Å²) >= 11 is 0. The Bertz CT molecular complexity index is 505. The van der Waals surface area contributed by atoms with Gasteiger partial charge in [-0.2, -0.15) is 0 Å². The monoisotopic (exact) mass is 205 g/mol. The van der Waals surface area contributed by atoms with Crippen molar-refractivity contribution in [3.05, 3.63) is 47.9 Å². The summed E-state index contributed by atoms with van der Waals surface area (Å²) < 4.78 is 12.9. The van der Waals surface area contributed by atoms with E-state index in [9.17, 15) is 9.18 Å². The predicted molar refractivity (Wildman–Crippen MR) is 53.1 cm³/mol. The Labute approximate surface area is 85.2 Å². The van der Waals surface area contributed by atoms with Crippen molar-refractivity contribution < 1.29 is 14.3 Å². The smallest absolute Gasteiger partial charge is 0.352 e. The Morgan fingerprint density at radius 2 is 2.07 bits per heavy atom. The van der Waals surface area contributed by atoms with Crippen molar-refractivity contribution in [3.63, 3.8) is 0 Å². The average Bonchev–Trinajstić information content (AvgIpc) is 2.66. The van der Waals surface area contributed by atoms with Crippen LogP contribution in [0.2, 0.25) is 0 Å². The maximum absolute atomic E-state index is 12.9. The fraction of sp³-hybridized carbons (Fsp3) is 0. The first-order valence-corrected chi connectivity index (χ1v) is 4.35. The number of H-pyrrole nitrogens is 1. The summed E-state index contributed by atoms with van der Waals surface area (Å²) in [5.41, 5.74) is 1.31. The predicted octanol–water partition coefficient (Wildman–Crippen LogP) is 2.52. The molecule has 1 aromatic heterocycles. The molecule has 0 aliphatic carbocycles. The van der Waals surface area contributed by atoms with Gasteiger partial charge in [0.1, 0.15) is 11.5 Å². The second kappa shape index (κ2) is 3.57. The van der Waals surface area contributed by atoms with Crippen LogP contribution in [0.25, 0.3) is 11.3 Å². The SMILES string of the molecule is O=C(O)c1ccc(-c2cccc(F)c2)[nH]1. The molecule has 0 radical (unpaired) electrons. The second-order valence-electron chi connectivity index (χ2n) is 3.10. The number of nitrogens with one attached hydrogen (secondary N) is 1. The highest BCUT2D eigenvalue weighted by Crippen LogP contribution is 2.19. The standard InChI is InChI=1S/C11H8FNO2/c12-8-3-1-2-7(6-8)9-4-5-10(13-9)11(14)15/h1-6,13H,(H,14,15). The fourth-order valence-electron chi connectivity index (χ4n) is 1.34. The van der Waals surface area contributed by atoms with Gasteiger partial charge in [0.2, 0.25) is 0 Å². The molecule has 2 rings (SSSR count). The Morgan fingerprint density at radius 3 is 2.67 bits per heavy atom. The minimum atomic E-state index is -1.03. The van der Waals surface area contributed by atoms with Gasteiger partial charge in [0, 0.05) is 11.3 Å². The molecule has 3 nitrogen and oxygen atoms in total. The minimum Gasteiger partial charge on any atom is -0.477 e. The Balaban J connectivity index is 2.41. The summed E-state index contributed by atoms with van der Waals surface area (Å²) in [7, 11) is 0. The highest BCUT2D eigenvalue weighted by molar-refractivity contribution is 5.86. The lowest BCUT2D eigenvalue weighted by atomic mass is 10.1. The molecule has 0 saturated heterocycles. The number of halogens is 1. The van der Waals surface area contributed by atoms with Gasteiger partial charge in [0.05, 0.1) is 0 Å². The highest BCUT2D eigenvalue weighted by Gasteiger charge is 2.07. The molecule has 0 aliphatic rings. The van der Waals surface area contributed by atoms with Gasteiger partial charge in [0.15, 0.2) is 0 Å². The Morgan fingerprint density at radius 1 is 1.27 bits per heavy atom. The van der Waals surface area contributed by atoms with E-state index in [2.05, 4.69) is 4.98 Å². The van der Waals surface area contributed by atoms with Crippen LogP contribution in [-0.2, 0) is 0 Å². The molecule has 2 aromatic rings. The third kappa shape index (κ3) is 1.88. The van der Waals surface area contributed by atoms with Gasteiger partial charge in [-0.05, 0) is 24.3 Å². The number of aromatic nitrogens is 1. The first kappa shape index (κ1) is 9.45. The van der Waals surface area contributed by atoms with Crippen LogP contribution >= 0.6 is 0 Å². The van der Waals surface area contributed by atoms with E-state index in [4.69, 9.17) is 5.11 Å². The molecule has 2 N–H and O–H groups in total. The maximum atomic E-state index is 12.9. The molecule has 0 amide bonds. The van der Waals surface area contributed by atoms with Crippen molar-refractivity contribution in [2.24, 2.45) is 0 Å². The number of carboxylic acids is 1. The number of carboxylic acid groups (broad SMARTS) is 1. The molecular formula is C11H8FNO2. The van der Waals surface area contributed by atoms with Gasteiger partial charge < -0.3 is 10.1 Å². The number of rotatable bonds is 2. The van der Waals surface area contributed by atoms with E-state index < -0.39 is 5.97 Å². The van der Waals surface area contributed by atoms with Crippen molar-refractivity contribution >= 4 is 5.97 Å². The topological polar surface area (TPSA) is 53.1 Å². The lowest BCUT2D eigenvalue weighted by Crippen LogP contribution is -1.95. The van der Waals surface area contributed by atoms with Crippen LogP contribution in [0.15, 0.2) is 36.4 Å². The number of carbonyl (C=O) groups is 1. The van der Waals surface area contributed by atoms with Crippen LogP contribution in [0, 0.1) is 5.82 Å².